The number of aliphatic hydroxyl groups excluding tert-OH is 1. The molecule has 0 unspecified atom stereocenters. The van der Waals surface area contributed by atoms with Gasteiger partial charge in [-0.2, -0.15) is 13.2 Å². The molecule has 1 aromatic carbocycles. The third-order valence-electron chi connectivity index (χ3n) is 2.85. The van der Waals surface area contributed by atoms with E-state index in [2.05, 4.69) is 0 Å². The highest BCUT2D eigenvalue weighted by atomic mass is 35.5. The van der Waals surface area contributed by atoms with Gasteiger partial charge in [-0.15, -0.1) is 12.4 Å². The Kier molecular flexibility index (Phi) is 5.65. The van der Waals surface area contributed by atoms with E-state index >= 15 is 0 Å². The highest BCUT2D eigenvalue weighted by molar-refractivity contribution is 5.85. The molecule has 0 saturated carbocycles. The second-order valence-electron chi connectivity index (χ2n) is 4.74. The molecular formula is C12H17ClF3NO. The van der Waals surface area contributed by atoms with Gasteiger partial charge in [0.05, 0.1) is 5.56 Å². The van der Waals surface area contributed by atoms with Gasteiger partial charge in [0.2, 0.25) is 0 Å². The van der Waals surface area contributed by atoms with Crippen LogP contribution in [0.2, 0.25) is 0 Å². The molecule has 0 amide bonds. The number of benzene rings is 1. The van der Waals surface area contributed by atoms with Crippen LogP contribution in [-0.4, -0.2) is 11.7 Å². The minimum atomic E-state index is -4.34. The van der Waals surface area contributed by atoms with Gasteiger partial charge in [-0.1, -0.05) is 26.0 Å². The highest BCUT2D eigenvalue weighted by Gasteiger charge is 2.31. The molecule has 3 N–H and O–H groups in total. The topological polar surface area (TPSA) is 46.2 Å². The largest absolute Gasteiger partial charge is 0.416 e. The normalized spacial score (nSPS) is 13.9. The van der Waals surface area contributed by atoms with Gasteiger partial charge >= 0.3 is 6.18 Å². The molecule has 18 heavy (non-hydrogen) atoms. The van der Waals surface area contributed by atoms with Crippen molar-refractivity contribution in [1.82, 2.24) is 0 Å². The van der Waals surface area contributed by atoms with E-state index in [4.69, 9.17) is 10.8 Å². The number of aliphatic hydroxyl groups is 1. The third-order valence-corrected chi connectivity index (χ3v) is 2.85. The summed E-state index contributed by atoms with van der Waals surface area (Å²) >= 11 is 0. The lowest BCUT2D eigenvalue weighted by Crippen LogP contribution is -2.32. The first-order valence-corrected chi connectivity index (χ1v) is 5.22. The average molecular weight is 284 g/mol. The van der Waals surface area contributed by atoms with Crippen LogP contribution in [0, 0.1) is 5.41 Å². The van der Waals surface area contributed by atoms with E-state index < -0.39 is 23.2 Å². The first-order chi connectivity index (χ1) is 7.68. The van der Waals surface area contributed by atoms with E-state index in [9.17, 15) is 13.2 Å². The minimum absolute atomic E-state index is 0. The SMILES string of the molecule is CC(C)(CO)[C@@H](N)c1ccc(C(F)(F)F)cc1.Cl. The van der Waals surface area contributed by atoms with Crippen LogP contribution in [0.15, 0.2) is 24.3 Å². The van der Waals surface area contributed by atoms with Gasteiger partial charge in [0.25, 0.3) is 0 Å². The third kappa shape index (κ3) is 3.86. The molecule has 0 heterocycles. The Bertz CT molecular complexity index is 376. The highest BCUT2D eigenvalue weighted by Crippen LogP contribution is 2.33. The van der Waals surface area contributed by atoms with Crippen LogP contribution >= 0.6 is 12.4 Å². The molecule has 0 aliphatic rings. The predicted molar refractivity (Wildman–Crippen MR) is 66.5 cm³/mol. The lowest BCUT2D eigenvalue weighted by atomic mass is 9.81. The van der Waals surface area contributed by atoms with Crippen molar-refractivity contribution in [2.75, 3.05) is 6.61 Å². The summed E-state index contributed by atoms with van der Waals surface area (Å²) < 4.78 is 37.0. The molecule has 1 rings (SSSR count). The summed E-state index contributed by atoms with van der Waals surface area (Å²) in [5.74, 6) is 0. The van der Waals surface area contributed by atoms with Gasteiger partial charge in [-0.25, -0.2) is 0 Å². The Hall–Kier alpha value is -0.780. The summed E-state index contributed by atoms with van der Waals surface area (Å²) in [4.78, 5) is 0. The maximum Gasteiger partial charge on any atom is 0.416 e. The Morgan fingerprint density at radius 3 is 1.94 bits per heavy atom. The molecule has 0 aliphatic heterocycles. The molecule has 0 saturated heterocycles. The van der Waals surface area contributed by atoms with Crippen LogP contribution in [-0.2, 0) is 6.18 Å². The summed E-state index contributed by atoms with van der Waals surface area (Å²) in [5, 5.41) is 9.15. The van der Waals surface area contributed by atoms with Crippen LogP contribution in [0.25, 0.3) is 0 Å². The molecule has 0 bridgehead atoms. The average Bonchev–Trinajstić information content (AvgIpc) is 2.27. The zero-order chi connectivity index (χ0) is 13.3. The Balaban J connectivity index is 0.00000289. The quantitative estimate of drug-likeness (QED) is 0.895. The number of rotatable bonds is 3. The van der Waals surface area contributed by atoms with Crippen molar-refractivity contribution in [2.45, 2.75) is 26.1 Å². The molecule has 0 radical (unpaired) electrons. The van der Waals surface area contributed by atoms with E-state index in [1.54, 1.807) is 13.8 Å². The number of halogens is 4. The monoisotopic (exact) mass is 283 g/mol. The predicted octanol–water partition coefficient (Wildman–Crippen LogP) is 3.15. The van der Waals surface area contributed by atoms with E-state index in [1.807, 2.05) is 0 Å². The smallest absolute Gasteiger partial charge is 0.396 e. The van der Waals surface area contributed by atoms with Gasteiger partial charge in [0.15, 0.2) is 0 Å². The molecule has 0 aliphatic carbocycles. The Morgan fingerprint density at radius 2 is 1.61 bits per heavy atom. The fourth-order valence-corrected chi connectivity index (χ4v) is 1.43. The van der Waals surface area contributed by atoms with Gasteiger partial charge in [-0.3, -0.25) is 0 Å². The summed E-state index contributed by atoms with van der Waals surface area (Å²) in [6, 6.07) is 4.20. The van der Waals surface area contributed by atoms with Crippen molar-refractivity contribution in [3.8, 4) is 0 Å². The van der Waals surface area contributed by atoms with E-state index in [1.165, 1.54) is 12.1 Å². The standard InChI is InChI=1S/C12H16F3NO.ClH/c1-11(2,7-17)10(16)8-3-5-9(6-4-8)12(13,14)15;/h3-6,10,17H,7,16H2,1-2H3;1H/t10-;/m0./s1. The van der Waals surface area contributed by atoms with Crippen LogP contribution < -0.4 is 5.73 Å². The molecule has 104 valence electrons. The minimum Gasteiger partial charge on any atom is -0.396 e. The second kappa shape index (κ2) is 5.91. The molecule has 0 spiro atoms. The van der Waals surface area contributed by atoms with Crippen LogP contribution in [0.5, 0.6) is 0 Å². The van der Waals surface area contributed by atoms with E-state index in [0.29, 0.717) is 5.56 Å². The van der Waals surface area contributed by atoms with Gasteiger partial charge < -0.3 is 10.8 Å². The van der Waals surface area contributed by atoms with E-state index in [0.717, 1.165) is 12.1 Å². The maximum atomic E-state index is 12.3. The molecule has 1 atom stereocenters. The lowest BCUT2D eigenvalue weighted by Gasteiger charge is -2.29. The second-order valence-corrected chi connectivity index (χ2v) is 4.74. The number of nitrogens with two attached hydrogens (primary N) is 1. The molecule has 0 aromatic heterocycles. The van der Waals surface area contributed by atoms with Crippen molar-refractivity contribution in [2.24, 2.45) is 11.1 Å². The first-order valence-electron chi connectivity index (χ1n) is 5.22. The van der Waals surface area contributed by atoms with Crippen LogP contribution in [0.3, 0.4) is 0 Å². The van der Waals surface area contributed by atoms with Crippen LogP contribution in [0.1, 0.15) is 31.0 Å². The molecule has 1 aromatic rings. The zero-order valence-electron chi connectivity index (χ0n) is 10.2. The molecular weight excluding hydrogens is 267 g/mol. The molecule has 2 nitrogen and oxygen atoms in total. The summed E-state index contributed by atoms with van der Waals surface area (Å²) in [5.41, 5.74) is 5.21. The van der Waals surface area contributed by atoms with Crippen molar-refractivity contribution < 1.29 is 18.3 Å². The van der Waals surface area contributed by atoms with Gasteiger partial charge in [0, 0.05) is 18.1 Å². The Morgan fingerprint density at radius 1 is 1.17 bits per heavy atom. The summed E-state index contributed by atoms with van der Waals surface area (Å²) in [6.45, 7) is 3.39. The van der Waals surface area contributed by atoms with Crippen molar-refractivity contribution >= 4 is 12.4 Å². The van der Waals surface area contributed by atoms with E-state index in [-0.39, 0.29) is 19.0 Å². The number of alkyl halides is 3. The Labute approximate surface area is 110 Å². The lowest BCUT2D eigenvalue weighted by molar-refractivity contribution is -0.137. The van der Waals surface area contributed by atoms with Gasteiger partial charge in [0.1, 0.15) is 0 Å². The first kappa shape index (κ1) is 17.2. The van der Waals surface area contributed by atoms with Crippen LogP contribution in [0.4, 0.5) is 13.2 Å². The number of hydrogen-bond acceptors (Lipinski definition) is 2. The van der Waals surface area contributed by atoms with Crippen molar-refractivity contribution in [3.63, 3.8) is 0 Å². The fraction of sp³-hybridized carbons (Fsp3) is 0.500. The molecule has 6 heteroatoms. The summed E-state index contributed by atoms with van der Waals surface area (Å²) in [7, 11) is 0. The number of hydrogen-bond donors (Lipinski definition) is 2. The van der Waals surface area contributed by atoms with Gasteiger partial charge in [-0.05, 0) is 17.7 Å². The van der Waals surface area contributed by atoms with Crippen molar-refractivity contribution in [1.29, 1.82) is 0 Å². The zero-order valence-corrected chi connectivity index (χ0v) is 11.0. The van der Waals surface area contributed by atoms with Crippen molar-refractivity contribution in [3.05, 3.63) is 35.4 Å². The maximum absolute atomic E-state index is 12.3. The fourth-order valence-electron chi connectivity index (χ4n) is 1.43. The molecule has 0 fully saturated rings. The summed E-state index contributed by atoms with van der Waals surface area (Å²) in [6.07, 6.45) is -4.34.